The number of nitrogens with one attached hydrogen (secondary N) is 3. The van der Waals surface area contributed by atoms with Crippen LogP contribution in [0.2, 0.25) is 0 Å². The van der Waals surface area contributed by atoms with Crippen molar-refractivity contribution in [2.75, 3.05) is 31.1 Å². The summed E-state index contributed by atoms with van der Waals surface area (Å²) in [6.45, 7) is 12.1. The molecule has 1 aliphatic rings. The van der Waals surface area contributed by atoms with Crippen molar-refractivity contribution in [2.24, 2.45) is 0 Å². The predicted octanol–water partition coefficient (Wildman–Crippen LogP) is 4.36. The summed E-state index contributed by atoms with van der Waals surface area (Å²) < 4.78 is 1.91. The molecule has 48 heavy (non-hydrogen) atoms. The molecule has 4 heterocycles. The molecule has 0 bridgehead atoms. The number of benzene rings is 2. The van der Waals surface area contributed by atoms with Crippen LogP contribution in [0.15, 0.2) is 71.8 Å². The number of H-pyrrole nitrogens is 1. The van der Waals surface area contributed by atoms with Gasteiger partial charge in [0.05, 0.1) is 17.3 Å². The molecule has 0 unspecified atom stereocenters. The average Bonchev–Trinajstić information content (AvgIpc) is 3.52. The highest BCUT2D eigenvalue weighted by molar-refractivity contribution is 6.08. The third-order valence-corrected chi connectivity index (χ3v) is 8.87. The van der Waals surface area contributed by atoms with Crippen molar-refractivity contribution in [2.45, 2.75) is 46.8 Å². The predicted molar refractivity (Wildman–Crippen MR) is 184 cm³/mol. The van der Waals surface area contributed by atoms with Gasteiger partial charge in [0.15, 0.2) is 0 Å². The number of aromatic amines is 1. The molecule has 0 radical (unpaired) electrons. The van der Waals surface area contributed by atoms with Gasteiger partial charge in [-0.05, 0) is 86.8 Å². The SMILES string of the molecule is Cc1cc(C)c(CNC(=O)c2cc(-c3ccc(N4CCN(Cc5ccc(C(=O)NO)cc5)CC4)nc3)cc3c2cnn3C(C)C)c(=O)[nH]1. The van der Waals surface area contributed by atoms with Crippen LogP contribution in [-0.4, -0.2) is 67.8 Å². The number of piperazine rings is 1. The molecule has 0 saturated carbocycles. The molecule has 12 heteroatoms. The molecule has 3 aromatic heterocycles. The highest BCUT2D eigenvalue weighted by atomic mass is 16.5. The van der Waals surface area contributed by atoms with E-state index in [1.54, 1.807) is 23.8 Å². The van der Waals surface area contributed by atoms with Crippen molar-refractivity contribution in [3.8, 4) is 11.1 Å². The Hall–Kier alpha value is -5.33. The zero-order chi connectivity index (χ0) is 33.9. The van der Waals surface area contributed by atoms with Gasteiger partial charge in [-0.2, -0.15) is 5.10 Å². The second kappa shape index (κ2) is 13.8. The standard InChI is InChI=1S/C36H40N8O4/c1-22(2)44-32-17-28(16-29(31(32)20-39-44)35(46)38-19-30-23(3)15-24(4)40-36(30)47)27-9-10-33(37-18-27)43-13-11-42(12-14-43)21-25-5-7-26(8-6-25)34(45)41-48/h5-10,15-18,20,22,48H,11-14,19,21H2,1-4H3,(H,38,46)(H,40,47)(H,41,45). The molecular formula is C36H40N8O4. The lowest BCUT2D eigenvalue weighted by molar-refractivity contribution is 0.0706. The Balaban J connectivity index is 1.17. The molecule has 1 saturated heterocycles. The number of carbonyl (C=O) groups excluding carboxylic acids is 2. The van der Waals surface area contributed by atoms with Crippen LogP contribution < -0.4 is 21.3 Å². The van der Waals surface area contributed by atoms with E-state index in [1.165, 1.54) is 0 Å². The number of aryl methyl sites for hydroxylation is 2. The molecule has 0 spiro atoms. The molecule has 2 aromatic carbocycles. The molecule has 4 N–H and O–H groups in total. The summed E-state index contributed by atoms with van der Waals surface area (Å²) in [7, 11) is 0. The van der Waals surface area contributed by atoms with Gasteiger partial charge < -0.3 is 15.2 Å². The van der Waals surface area contributed by atoms with Crippen LogP contribution >= 0.6 is 0 Å². The van der Waals surface area contributed by atoms with E-state index in [4.69, 9.17) is 10.2 Å². The van der Waals surface area contributed by atoms with Gasteiger partial charge >= 0.3 is 0 Å². The third kappa shape index (κ3) is 6.85. The zero-order valence-corrected chi connectivity index (χ0v) is 27.6. The van der Waals surface area contributed by atoms with Gasteiger partial charge in [-0.1, -0.05) is 12.1 Å². The van der Waals surface area contributed by atoms with Gasteiger partial charge in [-0.25, -0.2) is 10.5 Å². The zero-order valence-electron chi connectivity index (χ0n) is 27.6. The number of hydroxylamine groups is 1. The van der Waals surface area contributed by atoms with Gasteiger partial charge in [-0.15, -0.1) is 0 Å². The number of aromatic nitrogens is 4. The fourth-order valence-corrected chi connectivity index (χ4v) is 6.24. The minimum atomic E-state index is -0.523. The van der Waals surface area contributed by atoms with Crippen LogP contribution in [0.25, 0.3) is 22.0 Å². The summed E-state index contributed by atoms with van der Waals surface area (Å²) in [4.78, 5) is 50.0. The van der Waals surface area contributed by atoms with Gasteiger partial charge in [0.1, 0.15) is 5.82 Å². The fraction of sp³-hybridized carbons (Fsp3) is 0.306. The third-order valence-electron chi connectivity index (χ3n) is 8.87. The van der Waals surface area contributed by atoms with E-state index in [9.17, 15) is 14.4 Å². The minimum absolute atomic E-state index is 0.0914. The first-order valence-electron chi connectivity index (χ1n) is 16.1. The second-order valence-electron chi connectivity index (χ2n) is 12.6. The van der Waals surface area contributed by atoms with E-state index in [0.29, 0.717) is 16.7 Å². The lowest BCUT2D eigenvalue weighted by Crippen LogP contribution is -2.46. The molecule has 6 rings (SSSR count). The second-order valence-corrected chi connectivity index (χ2v) is 12.6. The summed E-state index contributed by atoms with van der Waals surface area (Å²) in [6, 6.07) is 17.2. The van der Waals surface area contributed by atoms with Crippen LogP contribution in [0.4, 0.5) is 5.82 Å². The Morgan fingerprint density at radius 2 is 1.69 bits per heavy atom. The van der Waals surface area contributed by atoms with E-state index in [-0.39, 0.29) is 24.1 Å². The smallest absolute Gasteiger partial charge is 0.274 e. The van der Waals surface area contributed by atoms with Crippen molar-refractivity contribution in [3.05, 3.63) is 111 Å². The maximum absolute atomic E-state index is 13.6. The minimum Gasteiger partial charge on any atom is -0.354 e. The molecular weight excluding hydrogens is 608 g/mol. The first-order valence-corrected chi connectivity index (χ1v) is 16.1. The summed E-state index contributed by atoms with van der Waals surface area (Å²) in [5.74, 6) is 0.0893. The van der Waals surface area contributed by atoms with Gasteiger partial charge in [0.2, 0.25) is 0 Å². The maximum Gasteiger partial charge on any atom is 0.274 e. The molecule has 2 amide bonds. The van der Waals surface area contributed by atoms with Crippen molar-refractivity contribution >= 4 is 28.5 Å². The Morgan fingerprint density at radius 1 is 0.938 bits per heavy atom. The molecule has 0 aliphatic carbocycles. The molecule has 0 atom stereocenters. The first kappa shape index (κ1) is 32.6. The monoisotopic (exact) mass is 648 g/mol. The van der Waals surface area contributed by atoms with Crippen LogP contribution in [0.3, 0.4) is 0 Å². The highest BCUT2D eigenvalue weighted by Gasteiger charge is 2.21. The van der Waals surface area contributed by atoms with Crippen LogP contribution in [0, 0.1) is 13.8 Å². The number of amides is 2. The molecule has 1 aliphatic heterocycles. The molecule has 12 nitrogen and oxygen atoms in total. The van der Waals surface area contributed by atoms with Gasteiger partial charge in [0.25, 0.3) is 17.4 Å². The maximum atomic E-state index is 13.6. The number of nitrogens with zero attached hydrogens (tertiary/aromatic N) is 5. The first-order chi connectivity index (χ1) is 23.1. The molecule has 248 valence electrons. The van der Waals surface area contributed by atoms with Crippen molar-refractivity contribution < 1.29 is 14.8 Å². The number of carbonyl (C=O) groups is 2. The van der Waals surface area contributed by atoms with Crippen LogP contribution in [0.5, 0.6) is 0 Å². The normalized spacial score (nSPS) is 13.7. The number of rotatable bonds is 9. The summed E-state index contributed by atoms with van der Waals surface area (Å²) in [5.41, 5.74) is 8.19. The summed E-state index contributed by atoms with van der Waals surface area (Å²) in [5, 5.41) is 17.1. The molecule has 1 fully saturated rings. The number of pyridine rings is 2. The van der Waals surface area contributed by atoms with E-state index >= 15 is 0 Å². The number of fused-ring (bicyclic) bond motifs is 1. The lowest BCUT2D eigenvalue weighted by Gasteiger charge is -2.35. The molecule has 5 aromatic rings. The van der Waals surface area contributed by atoms with E-state index in [0.717, 1.165) is 77.4 Å². The van der Waals surface area contributed by atoms with Crippen molar-refractivity contribution in [1.82, 2.24) is 35.4 Å². The van der Waals surface area contributed by atoms with E-state index < -0.39 is 5.91 Å². The lowest BCUT2D eigenvalue weighted by atomic mass is 10.0. The summed E-state index contributed by atoms with van der Waals surface area (Å²) >= 11 is 0. The summed E-state index contributed by atoms with van der Waals surface area (Å²) in [6.07, 6.45) is 3.57. The Bertz CT molecular complexity index is 2010. The van der Waals surface area contributed by atoms with E-state index in [2.05, 4.69) is 39.0 Å². The van der Waals surface area contributed by atoms with Gasteiger partial charge in [-0.3, -0.25) is 29.2 Å². The Morgan fingerprint density at radius 3 is 2.33 bits per heavy atom. The van der Waals surface area contributed by atoms with Crippen molar-refractivity contribution in [1.29, 1.82) is 0 Å². The quantitative estimate of drug-likeness (QED) is 0.136. The van der Waals surface area contributed by atoms with Crippen LogP contribution in [0.1, 0.15) is 63.0 Å². The number of anilines is 1. The number of hydrogen-bond acceptors (Lipinski definition) is 8. The van der Waals surface area contributed by atoms with Crippen molar-refractivity contribution in [3.63, 3.8) is 0 Å². The fourth-order valence-electron chi connectivity index (χ4n) is 6.24. The average molecular weight is 649 g/mol. The topological polar surface area (TPSA) is 148 Å². The Kier molecular flexibility index (Phi) is 9.37. The largest absolute Gasteiger partial charge is 0.354 e. The highest BCUT2D eigenvalue weighted by Crippen LogP contribution is 2.30. The van der Waals surface area contributed by atoms with Crippen LogP contribution in [-0.2, 0) is 13.1 Å². The van der Waals surface area contributed by atoms with E-state index in [1.807, 2.05) is 67.2 Å². The Labute approximate surface area is 278 Å². The van der Waals surface area contributed by atoms with Gasteiger partial charge in [0, 0.05) is 79.3 Å². The number of hydrogen-bond donors (Lipinski definition) is 4.